The Morgan fingerprint density at radius 1 is 1.45 bits per heavy atom. The molecule has 2 aromatic rings. The molecule has 8 nitrogen and oxygen atoms in total. The van der Waals surface area contributed by atoms with E-state index in [0.717, 1.165) is 5.69 Å². The van der Waals surface area contributed by atoms with Crippen LogP contribution in [0.15, 0.2) is 18.2 Å². The Morgan fingerprint density at radius 3 is 2.68 bits per heavy atom. The molecule has 0 saturated heterocycles. The summed E-state index contributed by atoms with van der Waals surface area (Å²) in [7, 11) is 0. The van der Waals surface area contributed by atoms with Crippen molar-refractivity contribution in [3.05, 3.63) is 45.3 Å². The number of nitrogens with two attached hydrogens (primary N) is 1. The van der Waals surface area contributed by atoms with Gasteiger partial charge in [-0.3, -0.25) is 19.6 Å². The van der Waals surface area contributed by atoms with Crippen molar-refractivity contribution >= 4 is 23.0 Å². The van der Waals surface area contributed by atoms with Crippen LogP contribution in [0, 0.1) is 24.0 Å². The van der Waals surface area contributed by atoms with Gasteiger partial charge in [0.05, 0.1) is 27.6 Å². The van der Waals surface area contributed by atoms with E-state index in [-0.39, 0.29) is 16.9 Å². The Kier molecular flexibility index (Phi) is 4.11. The number of aryl methyl sites for hydroxylation is 2. The number of non-ortho nitro benzene ring substituents is 1. The first-order chi connectivity index (χ1) is 10.3. The van der Waals surface area contributed by atoms with Gasteiger partial charge in [-0.2, -0.15) is 5.10 Å². The molecule has 1 heterocycles. The highest BCUT2D eigenvalue weighted by atomic mass is 16.6. The number of anilines is 2. The summed E-state index contributed by atoms with van der Waals surface area (Å²) in [6.07, 6.45) is 0. The van der Waals surface area contributed by atoms with Gasteiger partial charge in [-0.05, 0) is 26.8 Å². The first-order valence-electron chi connectivity index (χ1n) is 6.74. The third-order valence-corrected chi connectivity index (χ3v) is 3.41. The van der Waals surface area contributed by atoms with Gasteiger partial charge in [-0.1, -0.05) is 0 Å². The van der Waals surface area contributed by atoms with E-state index in [1.54, 1.807) is 11.6 Å². The molecule has 2 rings (SSSR count). The SMILES string of the molecule is CCn1nc(C)c(NC(=O)c2cc([N+](=O)[O-])ccc2N)c1C. The molecule has 0 spiro atoms. The lowest BCUT2D eigenvalue weighted by molar-refractivity contribution is -0.384. The minimum Gasteiger partial charge on any atom is -0.398 e. The van der Waals surface area contributed by atoms with Gasteiger partial charge in [0.2, 0.25) is 0 Å². The van der Waals surface area contributed by atoms with E-state index in [2.05, 4.69) is 10.4 Å². The van der Waals surface area contributed by atoms with Crippen LogP contribution in [0.25, 0.3) is 0 Å². The quantitative estimate of drug-likeness (QED) is 0.510. The molecular weight excluding hydrogens is 286 g/mol. The molecule has 0 aliphatic carbocycles. The van der Waals surface area contributed by atoms with Crippen LogP contribution >= 0.6 is 0 Å². The molecular formula is C14H17N5O3. The van der Waals surface area contributed by atoms with E-state index in [0.29, 0.717) is 17.9 Å². The maximum absolute atomic E-state index is 12.4. The van der Waals surface area contributed by atoms with Crippen LogP contribution in [0.3, 0.4) is 0 Å². The number of nitrogens with one attached hydrogen (secondary N) is 1. The summed E-state index contributed by atoms with van der Waals surface area (Å²) < 4.78 is 1.77. The van der Waals surface area contributed by atoms with Crippen molar-refractivity contribution in [3.8, 4) is 0 Å². The number of nitrogen functional groups attached to an aromatic ring is 1. The van der Waals surface area contributed by atoms with Gasteiger partial charge in [-0.25, -0.2) is 0 Å². The van der Waals surface area contributed by atoms with Crippen molar-refractivity contribution in [2.75, 3.05) is 11.1 Å². The monoisotopic (exact) mass is 303 g/mol. The average molecular weight is 303 g/mol. The van der Waals surface area contributed by atoms with Crippen molar-refractivity contribution in [2.24, 2.45) is 0 Å². The molecule has 3 N–H and O–H groups in total. The number of hydrogen-bond acceptors (Lipinski definition) is 5. The van der Waals surface area contributed by atoms with Gasteiger partial charge in [0.1, 0.15) is 0 Å². The lowest BCUT2D eigenvalue weighted by Crippen LogP contribution is -2.15. The van der Waals surface area contributed by atoms with Crippen molar-refractivity contribution in [3.63, 3.8) is 0 Å². The molecule has 116 valence electrons. The minimum absolute atomic E-state index is 0.0669. The van der Waals surface area contributed by atoms with E-state index >= 15 is 0 Å². The van der Waals surface area contributed by atoms with Gasteiger partial charge in [-0.15, -0.1) is 0 Å². The second-order valence-corrected chi connectivity index (χ2v) is 4.84. The molecule has 1 aromatic carbocycles. The van der Waals surface area contributed by atoms with Crippen LogP contribution in [0.5, 0.6) is 0 Å². The number of amides is 1. The van der Waals surface area contributed by atoms with Crippen molar-refractivity contribution in [1.29, 1.82) is 0 Å². The Hall–Kier alpha value is -2.90. The molecule has 0 fully saturated rings. The molecule has 0 aliphatic rings. The molecule has 1 amide bonds. The lowest BCUT2D eigenvalue weighted by Gasteiger charge is -2.08. The molecule has 22 heavy (non-hydrogen) atoms. The predicted octanol–water partition coefficient (Wildman–Crippen LogP) is 2.26. The number of rotatable bonds is 4. The fraction of sp³-hybridized carbons (Fsp3) is 0.286. The van der Waals surface area contributed by atoms with Gasteiger partial charge >= 0.3 is 0 Å². The summed E-state index contributed by atoms with van der Waals surface area (Å²) in [4.78, 5) is 22.6. The second kappa shape index (κ2) is 5.84. The molecule has 0 radical (unpaired) electrons. The van der Waals surface area contributed by atoms with Crippen molar-refractivity contribution in [2.45, 2.75) is 27.3 Å². The average Bonchev–Trinajstić information content (AvgIpc) is 2.74. The Balaban J connectivity index is 2.36. The zero-order valence-electron chi connectivity index (χ0n) is 12.6. The van der Waals surface area contributed by atoms with E-state index in [9.17, 15) is 14.9 Å². The number of carbonyl (C=O) groups excluding carboxylic acids is 1. The Morgan fingerprint density at radius 2 is 2.14 bits per heavy atom. The standard InChI is InChI=1S/C14H17N5O3/c1-4-18-9(3)13(8(2)17-18)16-14(20)11-7-10(19(21)22)5-6-12(11)15/h5-7H,4,15H2,1-3H3,(H,16,20). The van der Waals surface area contributed by atoms with Crippen molar-refractivity contribution < 1.29 is 9.72 Å². The normalized spacial score (nSPS) is 10.5. The third kappa shape index (κ3) is 2.76. The van der Waals surface area contributed by atoms with Gasteiger partial charge in [0.25, 0.3) is 11.6 Å². The van der Waals surface area contributed by atoms with E-state index < -0.39 is 10.8 Å². The topological polar surface area (TPSA) is 116 Å². The summed E-state index contributed by atoms with van der Waals surface area (Å²) in [6, 6.07) is 3.78. The highest BCUT2D eigenvalue weighted by molar-refractivity contribution is 6.08. The molecule has 1 aromatic heterocycles. The first-order valence-corrected chi connectivity index (χ1v) is 6.74. The number of carbonyl (C=O) groups is 1. The van der Waals surface area contributed by atoms with Crippen LogP contribution in [0.2, 0.25) is 0 Å². The van der Waals surface area contributed by atoms with Gasteiger partial charge < -0.3 is 11.1 Å². The molecule has 0 unspecified atom stereocenters. The van der Waals surface area contributed by atoms with Gasteiger partial charge in [0, 0.05) is 24.4 Å². The second-order valence-electron chi connectivity index (χ2n) is 4.84. The van der Waals surface area contributed by atoms with Crippen LogP contribution < -0.4 is 11.1 Å². The zero-order valence-corrected chi connectivity index (χ0v) is 12.6. The van der Waals surface area contributed by atoms with Gasteiger partial charge in [0.15, 0.2) is 0 Å². The summed E-state index contributed by atoms with van der Waals surface area (Å²) in [6.45, 7) is 6.26. The largest absolute Gasteiger partial charge is 0.398 e. The predicted molar refractivity (Wildman–Crippen MR) is 82.8 cm³/mol. The number of nitrogens with zero attached hydrogens (tertiary/aromatic N) is 3. The number of hydrogen-bond donors (Lipinski definition) is 2. The Bertz CT molecular complexity index is 751. The zero-order chi connectivity index (χ0) is 16.4. The smallest absolute Gasteiger partial charge is 0.270 e. The number of nitro groups is 1. The highest BCUT2D eigenvalue weighted by Crippen LogP contribution is 2.24. The highest BCUT2D eigenvalue weighted by Gasteiger charge is 2.18. The Labute approximate surface area is 127 Å². The summed E-state index contributed by atoms with van der Waals surface area (Å²) in [5.41, 5.74) is 7.90. The fourth-order valence-corrected chi connectivity index (χ4v) is 2.22. The first kappa shape index (κ1) is 15.5. The van der Waals surface area contributed by atoms with Crippen LogP contribution in [-0.2, 0) is 6.54 Å². The number of nitro benzene ring substituents is 1. The summed E-state index contributed by atoms with van der Waals surface area (Å²) >= 11 is 0. The van der Waals surface area contributed by atoms with Crippen LogP contribution in [0.4, 0.5) is 17.1 Å². The van der Waals surface area contributed by atoms with E-state index in [1.165, 1.54) is 18.2 Å². The van der Waals surface area contributed by atoms with E-state index in [4.69, 9.17) is 5.73 Å². The molecule has 0 saturated carbocycles. The van der Waals surface area contributed by atoms with Crippen molar-refractivity contribution in [1.82, 2.24) is 9.78 Å². The fourth-order valence-electron chi connectivity index (χ4n) is 2.22. The molecule has 0 bridgehead atoms. The third-order valence-electron chi connectivity index (χ3n) is 3.41. The molecule has 0 atom stereocenters. The van der Waals surface area contributed by atoms with Crippen LogP contribution in [-0.4, -0.2) is 20.6 Å². The van der Waals surface area contributed by atoms with Crippen LogP contribution in [0.1, 0.15) is 28.7 Å². The summed E-state index contributed by atoms with van der Waals surface area (Å²) in [5.74, 6) is -0.497. The summed E-state index contributed by atoms with van der Waals surface area (Å²) in [5, 5.41) is 17.9. The minimum atomic E-state index is -0.568. The number of aromatic nitrogens is 2. The molecule has 0 aliphatic heterocycles. The lowest BCUT2D eigenvalue weighted by atomic mass is 10.1. The maximum Gasteiger partial charge on any atom is 0.270 e. The van der Waals surface area contributed by atoms with E-state index in [1.807, 2.05) is 13.8 Å². The maximum atomic E-state index is 12.4. The molecule has 8 heteroatoms. The number of benzene rings is 1.